The molecule has 1 aliphatic rings. The van der Waals surface area contributed by atoms with Crippen LogP contribution in [-0.4, -0.2) is 45.2 Å². The van der Waals surface area contributed by atoms with Gasteiger partial charge < -0.3 is 0 Å². The molecule has 124 valence electrons. The second-order valence-electron chi connectivity index (χ2n) is 5.92. The van der Waals surface area contributed by atoms with Crippen molar-refractivity contribution in [3.8, 4) is 0 Å². The van der Waals surface area contributed by atoms with Gasteiger partial charge in [0.2, 0.25) is 10.0 Å². The van der Waals surface area contributed by atoms with Crippen LogP contribution in [0.2, 0.25) is 0 Å². The Morgan fingerprint density at radius 2 is 1.91 bits per heavy atom. The maximum Gasteiger partial charge on any atom is 0.243 e. The molecule has 0 radical (unpaired) electrons. The van der Waals surface area contributed by atoms with E-state index in [1.807, 2.05) is 20.8 Å². The summed E-state index contributed by atoms with van der Waals surface area (Å²) in [7, 11) is -6.79. The molecule has 1 aromatic rings. The number of sulfonamides is 1. The van der Waals surface area contributed by atoms with E-state index in [-0.39, 0.29) is 16.4 Å². The number of benzene rings is 1. The number of hydrogen-bond donors (Lipinski definition) is 0. The van der Waals surface area contributed by atoms with Gasteiger partial charge in [0.15, 0.2) is 9.84 Å². The van der Waals surface area contributed by atoms with Crippen LogP contribution >= 0.6 is 0 Å². The Bertz CT molecular complexity index is 754. The highest BCUT2D eigenvalue weighted by Crippen LogP contribution is 2.26. The van der Waals surface area contributed by atoms with E-state index in [1.54, 1.807) is 18.2 Å². The van der Waals surface area contributed by atoms with Crippen LogP contribution in [0, 0.1) is 13.8 Å². The van der Waals surface area contributed by atoms with Gasteiger partial charge in [-0.15, -0.1) is 0 Å². The second kappa shape index (κ2) is 6.29. The van der Waals surface area contributed by atoms with E-state index in [9.17, 15) is 16.8 Å². The number of aryl methyl sites for hydroxylation is 2. The van der Waals surface area contributed by atoms with Gasteiger partial charge >= 0.3 is 0 Å². The summed E-state index contributed by atoms with van der Waals surface area (Å²) in [6.07, 6.45) is 1.03. The SMILES string of the molecule is CCCN(C1CCS(=O)(=O)C1)S(=O)(=O)c1ccc(C)c(C)c1. The quantitative estimate of drug-likeness (QED) is 0.817. The summed E-state index contributed by atoms with van der Waals surface area (Å²) in [5.74, 6) is -0.00258. The van der Waals surface area contributed by atoms with Crippen molar-refractivity contribution >= 4 is 19.9 Å². The molecule has 0 aliphatic carbocycles. The highest BCUT2D eigenvalue weighted by atomic mass is 32.2. The monoisotopic (exact) mass is 345 g/mol. The molecule has 22 heavy (non-hydrogen) atoms. The zero-order valence-electron chi connectivity index (χ0n) is 13.2. The van der Waals surface area contributed by atoms with Gasteiger partial charge in [0.1, 0.15) is 0 Å². The van der Waals surface area contributed by atoms with Gasteiger partial charge in [0.25, 0.3) is 0 Å². The van der Waals surface area contributed by atoms with E-state index < -0.39 is 25.9 Å². The number of rotatable bonds is 5. The summed E-state index contributed by atoms with van der Waals surface area (Å²) in [6, 6.07) is 4.61. The topological polar surface area (TPSA) is 71.5 Å². The second-order valence-corrected chi connectivity index (χ2v) is 10.0. The normalized spacial score (nSPS) is 21.4. The van der Waals surface area contributed by atoms with E-state index in [0.717, 1.165) is 11.1 Å². The van der Waals surface area contributed by atoms with E-state index >= 15 is 0 Å². The van der Waals surface area contributed by atoms with Crippen LogP contribution in [0.4, 0.5) is 0 Å². The summed E-state index contributed by atoms with van der Waals surface area (Å²) in [6.45, 7) is 6.04. The maximum absolute atomic E-state index is 12.9. The molecule has 1 aliphatic heterocycles. The molecule has 1 heterocycles. The third kappa shape index (κ3) is 3.52. The summed E-state index contributed by atoms with van der Waals surface area (Å²) in [4.78, 5) is 0.244. The first-order valence-corrected chi connectivity index (χ1v) is 10.7. The van der Waals surface area contributed by atoms with Gasteiger partial charge in [-0.1, -0.05) is 13.0 Å². The molecule has 7 heteroatoms. The molecule has 1 atom stereocenters. The van der Waals surface area contributed by atoms with Crippen molar-refractivity contribution in [3.63, 3.8) is 0 Å². The summed E-state index contributed by atoms with van der Waals surface area (Å²) < 4.78 is 50.6. The predicted octanol–water partition coefficient (Wildman–Crippen LogP) is 1.89. The predicted molar refractivity (Wildman–Crippen MR) is 87.2 cm³/mol. The summed E-state index contributed by atoms with van der Waals surface area (Å²) in [5, 5.41) is 0. The maximum atomic E-state index is 12.9. The Kier molecular flexibility index (Phi) is 4.99. The van der Waals surface area contributed by atoms with Crippen molar-refractivity contribution in [2.24, 2.45) is 0 Å². The molecular formula is C15H23NO4S2. The van der Waals surface area contributed by atoms with E-state index in [4.69, 9.17) is 0 Å². The molecule has 0 spiro atoms. The van der Waals surface area contributed by atoms with Crippen LogP contribution in [0.3, 0.4) is 0 Å². The first kappa shape index (κ1) is 17.4. The van der Waals surface area contributed by atoms with Crippen molar-refractivity contribution in [1.82, 2.24) is 4.31 Å². The van der Waals surface area contributed by atoms with Crippen molar-refractivity contribution < 1.29 is 16.8 Å². The molecule has 1 aromatic carbocycles. The molecule has 0 saturated carbocycles. The van der Waals surface area contributed by atoms with Crippen molar-refractivity contribution in [2.45, 2.75) is 44.6 Å². The Labute approximate surface area is 133 Å². The Morgan fingerprint density at radius 1 is 1.23 bits per heavy atom. The fourth-order valence-electron chi connectivity index (χ4n) is 2.73. The lowest BCUT2D eigenvalue weighted by Crippen LogP contribution is -2.41. The molecule has 0 bridgehead atoms. The van der Waals surface area contributed by atoms with E-state index in [0.29, 0.717) is 19.4 Å². The van der Waals surface area contributed by atoms with E-state index in [1.165, 1.54) is 4.31 Å². The third-order valence-corrected chi connectivity index (χ3v) is 7.84. The van der Waals surface area contributed by atoms with Gasteiger partial charge in [-0.25, -0.2) is 16.8 Å². The van der Waals surface area contributed by atoms with E-state index in [2.05, 4.69) is 0 Å². The van der Waals surface area contributed by atoms with Gasteiger partial charge in [-0.05, 0) is 49.9 Å². The van der Waals surface area contributed by atoms with Crippen molar-refractivity contribution in [1.29, 1.82) is 0 Å². The lowest BCUT2D eigenvalue weighted by atomic mass is 10.1. The van der Waals surface area contributed by atoms with Gasteiger partial charge in [0.05, 0.1) is 16.4 Å². The zero-order chi connectivity index (χ0) is 16.5. The van der Waals surface area contributed by atoms with Gasteiger partial charge in [0, 0.05) is 12.6 Å². The molecule has 1 saturated heterocycles. The summed E-state index contributed by atoms with van der Waals surface area (Å²) in [5.41, 5.74) is 1.95. The Balaban J connectivity index is 2.40. The molecular weight excluding hydrogens is 322 g/mol. The highest BCUT2D eigenvalue weighted by Gasteiger charge is 2.38. The number of hydrogen-bond acceptors (Lipinski definition) is 4. The number of nitrogens with zero attached hydrogens (tertiary/aromatic N) is 1. The highest BCUT2D eigenvalue weighted by molar-refractivity contribution is 7.92. The minimum absolute atomic E-state index is 0.0698. The fourth-order valence-corrected chi connectivity index (χ4v) is 6.39. The molecule has 2 rings (SSSR count). The molecule has 0 aromatic heterocycles. The van der Waals surface area contributed by atoms with Crippen LogP contribution in [0.25, 0.3) is 0 Å². The van der Waals surface area contributed by atoms with Crippen LogP contribution in [-0.2, 0) is 19.9 Å². The number of sulfone groups is 1. The fraction of sp³-hybridized carbons (Fsp3) is 0.600. The Morgan fingerprint density at radius 3 is 2.41 bits per heavy atom. The minimum Gasteiger partial charge on any atom is -0.229 e. The minimum atomic E-state index is -3.67. The first-order valence-electron chi connectivity index (χ1n) is 7.47. The van der Waals surface area contributed by atoms with Gasteiger partial charge in [-0.2, -0.15) is 4.31 Å². The zero-order valence-corrected chi connectivity index (χ0v) is 14.9. The van der Waals surface area contributed by atoms with Crippen LogP contribution in [0.1, 0.15) is 30.9 Å². The summed E-state index contributed by atoms with van der Waals surface area (Å²) >= 11 is 0. The average Bonchev–Trinajstić information content (AvgIpc) is 2.78. The van der Waals surface area contributed by atoms with Crippen LogP contribution in [0.5, 0.6) is 0 Å². The van der Waals surface area contributed by atoms with Crippen molar-refractivity contribution in [3.05, 3.63) is 29.3 Å². The Hall–Kier alpha value is -0.920. The van der Waals surface area contributed by atoms with Crippen LogP contribution in [0.15, 0.2) is 23.1 Å². The largest absolute Gasteiger partial charge is 0.243 e. The molecule has 1 unspecified atom stereocenters. The van der Waals surface area contributed by atoms with Crippen LogP contribution < -0.4 is 0 Å². The lowest BCUT2D eigenvalue weighted by molar-refractivity contribution is 0.340. The molecule has 0 N–H and O–H groups in total. The smallest absolute Gasteiger partial charge is 0.229 e. The third-order valence-electron chi connectivity index (χ3n) is 4.14. The lowest BCUT2D eigenvalue weighted by Gasteiger charge is -2.27. The van der Waals surface area contributed by atoms with Gasteiger partial charge in [-0.3, -0.25) is 0 Å². The first-order chi connectivity index (χ1) is 10.2. The standard InChI is InChI=1S/C15H23NO4S2/c1-4-8-16(14-7-9-21(17,18)11-14)22(19,20)15-6-5-12(2)13(3)10-15/h5-6,10,14H,4,7-9,11H2,1-3H3. The van der Waals surface area contributed by atoms with Crippen molar-refractivity contribution in [2.75, 3.05) is 18.1 Å². The molecule has 5 nitrogen and oxygen atoms in total. The average molecular weight is 345 g/mol. The molecule has 0 amide bonds. The molecule has 1 fully saturated rings.